The van der Waals surface area contributed by atoms with Gasteiger partial charge in [-0.05, 0) is 36.3 Å². The van der Waals surface area contributed by atoms with Crippen molar-refractivity contribution in [1.82, 2.24) is 4.90 Å². The van der Waals surface area contributed by atoms with Crippen LogP contribution >= 0.6 is 0 Å². The largest absolute Gasteiger partial charge is 0.393 e. The molecular weight excluding hydrogens is 276 g/mol. The van der Waals surface area contributed by atoms with Gasteiger partial charge in [0.05, 0.1) is 6.10 Å². The predicted octanol–water partition coefficient (Wildman–Crippen LogP) is 2.27. The Hall–Kier alpha value is -1.39. The number of hydrogen-bond donors (Lipinski definition) is 2. The quantitative estimate of drug-likeness (QED) is 0.900. The molecule has 0 radical (unpaired) electrons. The molecule has 0 aliphatic carbocycles. The third-order valence-electron chi connectivity index (χ3n) is 4.43. The lowest BCUT2D eigenvalue weighted by Crippen LogP contribution is -2.50. The first-order chi connectivity index (χ1) is 10.3. The van der Waals surface area contributed by atoms with E-state index in [0.717, 1.165) is 6.42 Å². The summed E-state index contributed by atoms with van der Waals surface area (Å²) in [5.74, 6) is 0.289. The molecule has 1 aliphatic rings. The number of rotatable bonds is 3. The van der Waals surface area contributed by atoms with Crippen LogP contribution in [0.15, 0.2) is 30.3 Å². The summed E-state index contributed by atoms with van der Waals surface area (Å²) < 4.78 is 0. The number of aliphatic hydroxyl groups is 1. The van der Waals surface area contributed by atoms with Gasteiger partial charge >= 0.3 is 0 Å². The smallest absolute Gasteiger partial charge is 0.253 e. The van der Waals surface area contributed by atoms with E-state index >= 15 is 0 Å². The molecule has 3 atom stereocenters. The first kappa shape index (κ1) is 17.0. The zero-order valence-corrected chi connectivity index (χ0v) is 13.8. The minimum Gasteiger partial charge on any atom is -0.393 e. The molecule has 122 valence electrons. The molecule has 2 rings (SSSR count). The molecular formula is C18H28N2O2. The number of carbonyl (C=O) groups is 1. The Balaban J connectivity index is 2.03. The Morgan fingerprint density at radius 2 is 1.95 bits per heavy atom. The number of likely N-dealkylation sites (tertiary alicyclic amines) is 1. The highest BCUT2D eigenvalue weighted by molar-refractivity contribution is 5.94. The van der Waals surface area contributed by atoms with Crippen molar-refractivity contribution >= 4 is 5.91 Å². The van der Waals surface area contributed by atoms with Crippen LogP contribution in [0.2, 0.25) is 0 Å². The molecule has 0 spiro atoms. The van der Waals surface area contributed by atoms with Crippen LogP contribution in [0.5, 0.6) is 0 Å². The van der Waals surface area contributed by atoms with Crippen molar-refractivity contribution < 1.29 is 9.90 Å². The van der Waals surface area contributed by atoms with Crippen molar-refractivity contribution in [3.8, 4) is 0 Å². The van der Waals surface area contributed by atoms with E-state index in [4.69, 9.17) is 5.73 Å². The van der Waals surface area contributed by atoms with Crippen molar-refractivity contribution in [2.75, 3.05) is 13.1 Å². The van der Waals surface area contributed by atoms with Gasteiger partial charge in [0.2, 0.25) is 0 Å². The monoisotopic (exact) mass is 304 g/mol. The number of nitrogens with zero attached hydrogens (tertiary/aromatic N) is 1. The zero-order valence-electron chi connectivity index (χ0n) is 13.8. The van der Waals surface area contributed by atoms with Crippen LogP contribution in [0.25, 0.3) is 0 Å². The van der Waals surface area contributed by atoms with Crippen molar-refractivity contribution in [2.24, 2.45) is 17.1 Å². The lowest BCUT2D eigenvalue weighted by molar-refractivity contribution is 0.0231. The van der Waals surface area contributed by atoms with Crippen LogP contribution in [0.4, 0.5) is 0 Å². The number of amides is 1. The molecule has 3 N–H and O–H groups in total. The molecule has 0 bridgehead atoms. The van der Waals surface area contributed by atoms with Gasteiger partial charge in [-0.25, -0.2) is 0 Å². The molecule has 1 heterocycles. The Labute approximate surface area is 133 Å². The molecule has 1 aromatic carbocycles. The van der Waals surface area contributed by atoms with E-state index in [1.807, 2.05) is 56.0 Å². The molecule has 0 aromatic heterocycles. The van der Waals surface area contributed by atoms with Gasteiger partial charge in [0.15, 0.2) is 0 Å². The fourth-order valence-corrected chi connectivity index (χ4v) is 3.02. The van der Waals surface area contributed by atoms with Gasteiger partial charge in [0.25, 0.3) is 5.91 Å². The number of hydrogen-bond acceptors (Lipinski definition) is 3. The van der Waals surface area contributed by atoms with E-state index in [9.17, 15) is 9.90 Å². The summed E-state index contributed by atoms with van der Waals surface area (Å²) in [4.78, 5) is 14.4. The summed E-state index contributed by atoms with van der Waals surface area (Å²) in [6.45, 7) is 7.37. The Morgan fingerprint density at radius 3 is 2.55 bits per heavy atom. The molecule has 3 unspecified atom stereocenters. The van der Waals surface area contributed by atoms with Crippen molar-refractivity contribution in [2.45, 2.75) is 45.8 Å². The van der Waals surface area contributed by atoms with E-state index < -0.39 is 0 Å². The van der Waals surface area contributed by atoms with Crippen LogP contribution in [-0.2, 0) is 0 Å². The van der Waals surface area contributed by atoms with Crippen LogP contribution in [0.1, 0.15) is 44.0 Å². The Morgan fingerprint density at radius 1 is 1.32 bits per heavy atom. The molecule has 1 fully saturated rings. The summed E-state index contributed by atoms with van der Waals surface area (Å²) in [5, 5.41) is 10.3. The maximum atomic E-state index is 12.6. The Kier molecular flexibility index (Phi) is 5.24. The van der Waals surface area contributed by atoms with Crippen molar-refractivity contribution in [3.63, 3.8) is 0 Å². The first-order valence-electron chi connectivity index (χ1n) is 8.05. The molecule has 4 heteroatoms. The van der Waals surface area contributed by atoms with Crippen molar-refractivity contribution in [3.05, 3.63) is 35.9 Å². The second-order valence-corrected chi connectivity index (χ2v) is 7.56. The van der Waals surface area contributed by atoms with Crippen LogP contribution < -0.4 is 5.73 Å². The number of nitrogens with two attached hydrogens (primary N) is 1. The van der Waals surface area contributed by atoms with Gasteiger partial charge in [-0.3, -0.25) is 4.79 Å². The molecule has 4 nitrogen and oxygen atoms in total. The average molecular weight is 304 g/mol. The topological polar surface area (TPSA) is 66.6 Å². The lowest BCUT2D eigenvalue weighted by Gasteiger charge is -2.39. The number of carbonyl (C=O) groups excluding carboxylic acids is 1. The van der Waals surface area contributed by atoms with Gasteiger partial charge in [-0.1, -0.05) is 39.0 Å². The summed E-state index contributed by atoms with van der Waals surface area (Å²) in [7, 11) is 0. The summed E-state index contributed by atoms with van der Waals surface area (Å²) in [5.41, 5.74) is 6.70. The van der Waals surface area contributed by atoms with E-state index in [-0.39, 0.29) is 29.4 Å². The maximum Gasteiger partial charge on any atom is 0.253 e. The van der Waals surface area contributed by atoms with Gasteiger partial charge in [0, 0.05) is 24.7 Å². The van der Waals surface area contributed by atoms with Gasteiger partial charge < -0.3 is 15.7 Å². The fraction of sp³-hybridized carbons (Fsp3) is 0.611. The fourth-order valence-electron chi connectivity index (χ4n) is 3.02. The van der Waals surface area contributed by atoms with Crippen LogP contribution in [0.3, 0.4) is 0 Å². The first-order valence-corrected chi connectivity index (χ1v) is 8.05. The molecule has 0 saturated carbocycles. The van der Waals surface area contributed by atoms with E-state index in [0.29, 0.717) is 25.1 Å². The molecule has 22 heavy (non-hydrogen) atoms. The minimum absolute atomic E-state index is 0.0152. The summed E-state index contributed by atoms with van der Waals surface area (Å²) in [6, 6.07) is 9.30. The molecule has 1 aromatic rings. The molecule has 1 amide bonds. The number of aliphatic hydroxyl groups excluding tert-OH is 1. The van der Waals surface area contributed by atoms with Crippen molar-refractivity contribution in [1.29, 1.82) is 0 Å². The third-order valence-corrected chi connectivity index (χ3v) is 4.43. The van der Waals surface area contributed by atoms with E-state index in [1.165, 1.54) is 0 Å². The standard InChI is InChI=1S/C18H28N2O2/c1-18(2,3)16(21)10-13-9-15(19)12-20(11-13)17(22)14-7-5-4-6-8-14/h4-8,13,15-16,21H,9-12,19H2,1-3H3. The highest BCUT2D eigenvalue weighted by Gasteiger charge is 2.32. The van der Waals surface area contributed by atoms with E-state index in [1.54, 1.807) is 0 Å². The van der Waals surface area contributed by atoms with Gasteiger partial charge in [-0.2, -0.15) is 0 Å². The number of benzene rings is 1. The zero-order chi connectivity index (χ0) is 16.3. The van der Waals surface area contributed by atoms with E-state index in [2.05, 4.69) is 0 Å². The third kappa shape index (κ3) is 4.31. The normalized spacial score (nSPS) is 24.1. The van der Waals surface area contributed by atoms with Crippen LogP contribution in [-0.4, -0.2) is 41.1 Å². The van der Waals surface area contributed by atoms with Gasteiger partial charge in [-0.15, -0.1) is 0 Å². The lowest BCUT2D eigenvalue weighted by atomic mass is 9.80. The minimum atomic E-state index is -0.378. The molecule has 1 aliphatic heterocycles. The highest BCUT2D eigenvalue weighted by atomic mass is 16.3. The average Bonchev–Trinajstić information content (AvgIpc) is 2.45. The SMILES string of the molecule is CC(C)(C)C(O)CC1CC(N)CN(C(=O)c2ccccc2)C1. The predicted molar refractivity (Wildman–Crippen MR) is 88.5 cm³/mol. The maximum absolute atomic E-state index is 12.6. The van der Waals surface area contributed by atoms with Gasteiger partial charge in [0.1, 0.15) is 0 Å². The molecule has 1 saturated heterocycles. The number of piperidine rings is 1. The summed E-state index contributed by atoms with van der Waals surface area (Å²) >= 11 is 0. The second-order valence-electron chi connectivity index (χ2n) is 7.56. The van der Waals surface area contributed by atoms with Crippen LogP contribution in [0, 0.1) is 11.3 Å². The Bertz CT molecular complexity index is 496. The summed E-state index contributed by atoms with van der Waals surface area (Å²) in [6.07, 6.45) is 1.18. The highest BCUT2D eigenvalue weighted by Crippen LogP contribution is 2.29. The second kappa shape index (κ2) is 6.80.